The van der Waals surface area contributed by atoms with Gasteiger partial charge in [0, 0.05) is 10.9 Å². The Bertz CT molecular complexity index is 333. The lowest BCUT2D eigenvalue weighted by Crippen LogP contribution is -2.15. The summed E-state index contributed by atoms with van der Waals surface area (Å²) in [5, 5.41) is 0. The van der Waals surface area contributed by atoms with Crippen molar-refractivity contribution in [1.82, 2.24) is 0 Å². The van der Waals surface area contributed by atoms with Crippen molar-refractivity contribution >= 4 is 34.1 Å². The van der Waals surface area contributed by atoms with Gasteiger partial charge in [-0.25, -0.2) is 4.39 Å². The molecule has 2 N–H and O–H groups in total. The van der Waals surface area contributed by atoms with E-state index in [0.717, 1.165) is 4.47 Å². The summed E-state index contributed by atoms with van der Waals surface area (Å²) < 4.78 is 13.5. The van der Waals surface area contributed by atoms with Crippen LogP contribution in [0.4, 0.5) is 4.39 Å². The molecule has 1 aromatic carbocycles. The van der Waals surface area contributed by atoms with E-state index >= 15 is 0 Å². The molecular formula is C9H10BrClFNO. The Balaban J connectivity index is 0.00000169. The maximum absolute atomic E-state index is 12.7. The summed E-state index contributed by atoms with van der Waals surface area (Å²) in [6.07, 6.45) is 0.175. The highest BCUT2D eigenvalue weighted by Crippen LogP contribution is 2.18. The van der Waals surface area contributed by atoms with Crippen LogP contribution in [0.1, 0.15) is 5.56 Å². The molecule has 14 heavy (non-hydrogen) atoms. The van der Waals surface area contributed by atoms with Gasteiger partial charge in [-0.3, -0.25) is 4.79 Å². The molecule has 0 saturated carbocycles. The summed E-state index contributed by atoms with van der Waals surface area (Å²) in [4.78, 5) is 11.0. The van der Waals surface area contributed by atoms with Gasteiger partial charge in [-0.05, 0) is 23.8 Å². The van der Waals surface area contributed by atoms with Crippen LogP contribution in [0.25, 0.3) is 0 Å². The summed E-state index contributed by atoms with van der Waals surface area (Å²) in [5.41, 5.74) is 5.78. The summed E-state index contributed by atoms with van der Waals surface area (Å²) in [6.45, 7) is -0.0110. The maximum atomic E-state index is 12.7. The third kappa shape index (κ3) is 3.74. The monoisotopic (exact) mass is 281 g/mol. The van der Waals surface area contributed by atoms with Gasteiger partial charge in [0.05, 0.1) is 6.54 Å². The highest BCUT2D eigenvalue weighted by molar-refractivity contribution is 9.10. The molecule has 2 nitrogen and oxygen atoms in total. The van der Waals surface area contributed by atoms with E-state index in [-0.39, 0.29) is 37.0 Å². The number of nitrogens with two attached hydrogens (primary N) is 1. The van der Waals surface area contributed by atoms with Gasteiger partial charge in [-0.2, -0.15) is 0 Å². The minimum Gasteiger partial charge on any atom is -0.324 e. The van der Waals surface area contributed by atoms with Gasteiger partial charge in [-0.1, -0.05) is 15.9 Å². The molecule has 0 amide bonds. The molecule has 0 aliphatic carbocycles. The predicted molar refractivity (Wildman–Crippen MR) is 59.1 cm³/mol. The molecule has 0 unspecified atom stereocenters. The zero-order chi connectivity index (χ0) is 9.84. The molecule has 0 saturated heterocycles. The van der Waals surface area contributed by atoms with E-state index < -0.39 is 0 Å². The first-order chi connectivity index (χ1) is 6.13. The molecule has 0 fully saturated rings. The number of Topliss-reactive ketones (excluding diaryl/α,β-unsaturated/α-hetero) is 1. The van der Waals surface area contributed by atoms with Gasteiger partial charge < -0.3 is 5.73 Å². The lowest BCUT2D eigenvalue weighted by molar-refractivity contribution is -0.117. The van der Waals surface area contributed by atoms with E-state index in [1.807, 2.05) is 0 Å². The second kappa shape index (κ2) is 6.11. The lowest BCUT2D eigenvalue weighted by Gasteiger charge is -2.02. The molecule has 0 radical (unpaired) electrons. The minimum atomic E-state index is -0.344. The van der Waals surface area contributed by atoms with E-state index in [4.69, 9.17) is 5.73 Å². The zero-order valence-corrected chi connectivity index (χ0v) is 9.70. The number of halogens is 3. The highest BCUT2D eigenvalue weighted by Gasteiger charge is 2.06. The number of carbonyl (C=O) groups excluding carboxylic acids is 1. The van der Waals surface area contributed by atoms with Crippen LogP contribution >= 0.6 is 28.3 Å². The third-order valence-corrected chi connectivity index (χ3v) is 2.40. The molecular weight excluding hydrogens is 272 g/mol. The molecule has 1 rings (SSSR count). The molecule has 0 bridgehead atoms. The van der Waals surface area contributed by atoms with Gasteiger partial charge in [-0.15, -0.1) is 12.4 Å². The van der Waals surface area contributed by atoms with Crippen molar-refractivity contribution in [2.75, 3.05) is 6.54 Å². The van der Waals surface area contributed by atoms with Crippen molar-refractivity contribution in [2.45, 2.75) is 6.42 Å². The van der Waals surface area contributed by atoms with Crippen LogP contribution in [0.15, 0.2) is 22.7 Å². The highest BCUT2D eigenvalue weighted by atomic mass is 79.9. The Hall–Kier alpha value is -0.450. The fourth-order valence-electron chi connectivity index (χ4n) is 0.963. The standard InChI is InChI=1S/C9H9BrFNO.ClH/c10-9-2-1-7(11)3-6(9)4-8(13)5-12;/h1-3H,4-5,12H2;1H. The predicted octanol–water partition coefficient (Wildman–Crippen LogP) is 2.08. The van der Waals surface area contributed by atoms with Crippen molar-refractivity contribution in [1.29, 1.82) is 0 Å². The summed E-state index contributed by atoms with van der Waals surface area (Å²) in [5.74, 6) is -0.450. The smallest absolute Gasteiger partial charge is 0.150 e. The van der Waals surface area contributed by atoms with Crippen molar-refractivity contribution in [2.24, 2.45) is 5.73 Å². The molecule has 1 aromatic rings. The number of hydrogen-bond donors (Lipinski definition) is 1. The second-order valence-electron chi connectivity index (χ2n) is 2.66. The topological polar surface area (TPSA) is 43.1 Å². The van der Waals surface area contributed by atoms with E-state index in [1.165, 1.54) is 12.1 Å². The van der Waals surface area contributed by atoms with E-state index in [2.05, 4.69) is 15.9 Å². The molecule has 0 atom stereocenters. The van der Waals surface area contributed by atoms with Gasteiger partial charge in [0.2, 0.25) is 0 Å². The van der Waals surface area contributed by atoms with Gasteiger partial charge in [0.25, 0.3) is 0 Å². The van der Waals surface area contributed by atoms with Crippen molar-refractivity contribution in [3.05, 3.63) is 34.1 Å². The molecule has 0 heterocycles. The third-order valence-electron chi connectivity index (χ3n) is 1.62. The second-order valence-corrected chi connectivity index (χ2v) is 3.51. The Kier molecular flexibility index (Phi) is 5.92. The van der Waals surface area contributed by atoms with Crippen LogP contribution in [-0.2, 0) is 11.2 Å². The first kappa shape index (κ1) is 13.5. The van der Waals surface area contributed by atoms with Crippen LogP contribution in [0, 0.1) is 5.82 Å². The van der Waals surface area contributed by atoms with Crippen molar-refractivity contribution in [3.8, 4) is 0 Å². The van der Waals surface area contributed by atoms with Gasteiger partial charge in [0.1, 0.15) is 5.82 Å². The Labute approximate surface area is 96.2 Å². The first-order valence-corrected chi connectivity index (χ1v) is 4.58. The summed E-state index contributed by atoms with van der Waals surface area (Å²) in [7, 11) is 0. The molecule has 0 aliphatic rings. The number of ketones is 1. The normalized spacial score (nSPS) is 9.36. The quantitative estimate of drug-likeness (QED) is 0.922. The molecule has 78 valence electrons. The fraction of sp³-hybridized carbons (Fsp3) is 0.222. The minimum absolute atomic E-state index is 0. The molecule has 0 aliphatic heterocycles. The number of hydrogen-bond acceptors (Lipinski definition) is 2. The number of rotatable bonds is 3. The van der Waals surface area contributed by atoms with E-state index in [1.54, 1.807) is 6.07 Å². The SMILES string of the molecule is Cl.NCC(=O)Cc1cc(F)ccc1Br. The first-order valence-electron chi connectivity index (χ1n) is 3.79. The maximum Gasteiger partial charge on any atom is 0.150 e. The summed E-state index contributed by atoms with van der Waals surface area (Å²) >= 11 is 3.23. The number of benzene rings is 1. The zero-order valence-electron chi connectivity index (χ0n) is 7.30. The van der Waals surface area contributed by atoms with E-state index in [0.29, 0.717) is 5.56 Å². The average Bonchev–Trinajstić information content (AvgIpc) is 2.11. The van der Waals surface area contributed by atoms with Crippen molar-refractivity contribution in [3.63, 3.8) is 0 Å². The largest absolute Gasteiger partial charge is 0.324 e. The lowest BCUT2D eigenvalue weighted by atomic mass is 10.1. The van der Waals surface area contributed by atoms with Gasteiger partial charge in [0.15, 0.2) is 5.78 Å². The van der Waals surface area contributed by atoms with Crippen LogP contribution in [0.3, 0.4) is 0 Å². The van der Waals surface area contributed by atoms with Crippen LogP contribution in [0.5, 0.6) is 0 Å². The average molecular weight is 283 g/mol. The van der Waals surface area contributed by atoms with E-state index in [9.17, 15) is 9.18 Å². The Morgan fingerprint density at radius 1 is 1.50 bits per heavy atom. The fourth-order valence-corrected chi connectivity index (χ4v) is 1.35. The summed E-state index contributed by atoms with van der Waals surface area (Å²) in [6, 6.07) is 4.24. The van der Waals surface area contributed by atoms with Gasteiger partial charge >= 0.3 is 0 Å². The molecule has 5 heteroatoms. The Morgan fingerprint density at radius 2 is 2.14 bits per heavy atom. The van der Waals surface area contributed by atoms with Crippen LogP contribution in [-0.4, -0.2) is 12.3 Å². The molecule has 0 aromatic heterocycles. The van der Waals surface area contributed by atoms with Crippen molar-refractivity contribution < 1.29 is 9.18 Å². The van der Waals surface area contributed by atoms with Crippen LogP contribution in [0.2, 0.25) is 0 Å². The van der Waals surface area contributed by atoms with Crippen LogP contribution < -0.4 is 5.73 Å². The molecule has 0 spiro atoms. The Morgan fingerprint density at radius 3 is 2.71 bits per heavy atom. The number of carbonyl (C=O) groups is 1.